The van der Waals surface area contributed by atoms with E-state index in [2.05, 4.69) is 72.1 Å². The predicted molar refractivity (Wildman–Crippen MR) is 463 cm³/mol. The smallest absolute Gasteiger partial charge is 0.266 e. The monoisotopic (exact) mass is 1760 g/mol. The highest BCUT2D eigenvalue weighted by Gasteiger charge is 2.36. The quantitative estimate of drug-likeness (QED) is 0.0150. The third kappa shape index (κ3) is 22.7. The molecule has 0 bridgehead atoms. The van der Waals surface area contributed by atoms with Crippen LogP contribution in [0.15, 0.2) is 147 Å². The van der Waals surface area contributed by atoms with E-state index in [-0.39, 0.29) is 90.7 Å². The summed E-state index contributed by atoms with van der Waals surface area (Å²) in [5.74, 6) is -9.90. The van der Waals surface area contributed by atoms with Gasteiger partial charge in [0.15, 0.2) is 0 Å². The summed E-state index contributed by atoms with van der Waals surface area (Å²) in [6, 6.07) is 26.3. The highest BCUT2D eigenvalue weighted by atomic mass is 32.2. The lowest BCUT2D eigenvalue weighted by atomic mass is 10.0. The van der Waals surface area contributed by atoms with Gasteiger partial charge in [0.2, 0.25) is 65.2 Å². The first kappa shape index (κ1) is 93.3. The van der Waals surface area contributed by atoms with Crippen LogP contribution < -0.4 is 77.8 Å². The van der Waals surface area contributed by atoms with Gasteiger partial charge in [0, 0.05) is 134 Å². The molecule has 0 unspecified atom stereocenters. The third-order valence-corrected chi connectivity index (χ3v) is 27.2. The lowest BCUT2D eigenvalue weighted by Gasteiger charge is -2.28. The van der Waals surface area contributed by atoms with Crippen molar-refractivity contribution in [2.45, 2.75) is 162 Å². The summed E-state index contributed by atoms with van der Waals surface area (Å²) >= 11 is 0. The molecular formula is C80H107N23O15S4. The number of sulfonamides is 4. The van der Waals surface area contributed by atoms with E-state index in [1.807, 2.05) is 0 Å². The van der Waals surface area contributed by atoms with Crippen molar-refractivity contribution in [2.24, 2.45) is 39.8 Å². The number of primary amides is 1. The van der Waals surface area contributed by atoms with Crippen LogP contribution in [0.25, 0.3) is 43.6 Å². The number of para-hydroxylation sites is 4. The number of rotatable bonds is 39. The Bertz CT molecular complexity index is 5980. The Kier molecular flexibility index (Phi) is 30.7. The fourth-order valence-electron chi connectivity index (χ4n) is 14.6. The van der Waals surface area contributed by atoms with Crippen molar-refractivity contribution >= 4 is 149 Å². The molecule has 42 heteroatoms. The second kappa shape index (κ2) is 40.2. The second-order valence-corrected chi connectivity index (χ2v) is 36.5. The largest absolute Gasteiger partial charge is 0.368 e. The number of guanidine groups is 4. The van der Waals surface area contributed by atoms with E-state index in [1.165, 1.54) is 6.92 Å². The van der Waals surface area contributed by atoms with Crippen LogP contribution in [0.5, 0.6) is 0 Å². The van der Waals surface area contributed by atoms with Crippen LogP contribution in [0.4, 0.5) is 0 Å². The minimum Gasteiger partial charge on any atom is -0.368 e. The van der Waals surface area contributed by atoms with Crippen molar-refractivity contribution in [3.63, 3.8) is 0 Å². The summed E-state index contributed by atoms with van der Waals surface area (Å²) in [4.78, 5) is 101. The minimum atomic E-state index is -4.45. The van der Waals surface area contributed by atoms with Crippen molar-refractivity contribution in [3.05, 3.63) is 156 Å². The van der Waals surface area contributed by atoms with E-state index in [9.17, 15) is 52.8 Å². The summed E-state index contributed by atoms with van der Waals surface area (Å²) in [5, 5.41) is 63.1. The van der Waals surface area contributed by atoms with Gasteiger partial charge < -0.3 is 77.2 Å². The Hall–Kier alpha value is -12.6. The van der Waals surface area contributed by atoms with Crippen LogP contribution in [0.3, 0.4) is 0 Å². The van der Waals surface area contributed by atoms with Crippen LogP contribution in [0, 0.1) is 55.2 Å². The number of hydrogen-bond acceptors (Lipinski definition) is 19. The Labute approximate surface area is 707 Å². The maximum absolute atomic E-state index is 15.5. The standard InChI is InChI=1S/C80H107N23O15S4/c1-46(2)66(71(81)105)95-75(109)60(36-26-44-89-80(85)99-122(117,118)70-50(6)103(11)65-40-22-18-32-56(65)70)93-73(107)58(34-24-42-87-78(83)97-120(113,114)68-48(4)101(9)63-38-20-16-30-54(63)68)91-72(106)57(33-23-41-86-77(82)96-119(111,112)67-47(3)100(8)62-37-19-15-29-53(62)67)92-74(108)59(94-76(110)61(90-51(7)104)45-52-27-13-12-14-28-52)35-25-43-88-79(84)98-121(115,116)69-49(5)102(10)64-39-21-17-31-55(64)69/h12-22,27-32,37-40,46,57-61,66H,23-26,33-36,41-45H2,1-11H3,(H2,81,105)(H,90,104)(H,91,106)(H,92,108)(H,93,107)(H,94,110)(H,95,109)(H3,82,86,96)(H3,83,87,97)(H3,84,88,98)(H3,85,89,99)/t57-,58-,59-,60-,61-,66-/m0/s1. The molecule has 4 aromatic heterocycles. The van der Waals surface area contributed by atoms with E-state index in [0.717, 1.165) is 0 Å². The summed E-state index contributed by atoms with van der Waals surface area (Å²) in [6.07, 6.45) is -2.05. The van der Waals surface area contributed by atoms with E-state index in [4.69, 9.17) is 27.4 Å². The first-order chi connectivity index (χ1) is 57.5. The van der Waals surface area contributed by atoms with Crippen molar-refractivity contribution in [1.29, 1.82) is 21.6 Å². The van der Waals surface area contributed by atoms with Gasteiger partial charge in [0.05, 0.1) is 0 Å². The molecule has 122 heavy (non-hydrogen) atoms. The Morgan fingerprint density at radius 3 is 0.836 bits per heavy atom. The minimum absolute atomic E-state index is 0.0681. The first-order valence-electron chi connectivity index (χ1n) is 39.2. The van der Waals surface area contributed by atoms with Gasteiger partial charge in [-0.25, -0.2) is 52.6 Å². The number of benzene rings is 5. The number of fused-ring (bicyclic) bond motifs is 4. The fraction of sp³-hybridized carbons (Fsp3) is 0.388. The number of nitrogens with zero attached hydrogens (tertiary/aromatic N) is 4. The highest BCUT2D eigenvalue weighted by Crippen LogP contribution is 2.33. The van der Waals surface area contributed by atoms with Crippen molar-refractivity contribution < 1.29 is 67.2 Å². The van der Waals surface area contributed by atoms with Crippen molar-refractivity contribution in [3.8, 4) is 0 Å². The number of hydrogen-bond donors (Lipinski definition) is 19. The molecule has 4 heterocycles. The topological polar surface area (TPSA) is 566 Å². The lowest BCUT2D eigenvalue weighted by Crippen LogP contribution is -2.60. The van der Waals surface area contributed by atoms with Crippen LogP contribution in [-0.2, 0) is 108 Å². The summed E-state index contributed by atoms with van der Waals surface area (Å²) in [7, 11) is -10.9. The first-order valence-corrected chi connectivity index (χ1v) is 45.2. The third-order valence-electron chi connectivity index (χ3n) is 21.1. The van der Waals surface area contributed by atoms with Gasteiger partial charge in [-0.3, -0.25) is 55.2 Å². The molecule has 0 saturated carbocycles. The average Bonchev–Trinajstić information content (AvgIpc) is 1.62. The molecule has 20 N–H and O–H groups in total. The number of nitrogens with one attached hydrogen (secondary N) is 18. The summed E-state index contributed by atoms with van der Waals surface area (Å²) in [6.45, 7) is 9.83. The number of nitrogens with two attached hydrogens (primary N) is 1. The number of carbonyl (C=O) groups is 7. The number of aryl methyl sites for hydroxylation is 4. The zero-order valence-corrected chi connectivity index (χ0v) is 72.7. The van der Waals surface area contributed by atoms with Gasteiger partial charge in [0.1, 0.15) is 55.8 Å². The van der Waals surface area contributed by atoms with Gasteiger partial charge in [-0.2, -0.15) is 0 Å². The van der Waals surface area contributed by atoms with Crippen LogP contribution in [0.2, 0.25) is 0 Å². The molecule has 6 atom stereocenters. The maximum Gasteiger partial charge on any atom is 0.266 e. The number of amides is 7. The number of carbonyl (C=O) groups excluding carboxylic acids is 7. The highest BCUT2D eigenvalue weighted by molar-refractivity contribution is 7.91. The Morgan fingerprint density at radius 1 is 0.352 bits per heavy atom. The van der Waals surface area contributed by atoms with E-state index in [0.29, 0.717) is 72.0 Å². The van der Waals surface area contributed by atoms with Crippen LogP contribution >= 0.6 is 0 Å². The van der Waals surface area contributed by atoms with Crippen LogP contribution in [-0.4, -0.2) is 180 Å². The molecule has 0 fully saturated rings. The maximum atomic E-state index is 15.5. The van der Waals surface area contributed by atoms with E-state index < -0.39 is 160 Å². The molecule has 9 rings (SSSR count). The molecule has 0 aliphatic heterocycles. The van der Waals surface area contributed by atoms with Crippen molar-refractivity contribution in [2.75, 3.05) is 26.2 Å². The molecule has 7 amide bonds. The molecular weight excluding hydrogens is 1650 g/mol. The number of aromatic nitrogens is 4. The SMILES string of the molecule is CC(=O)N[C@@H](Cc1ccccc1)C(=O)N[C@@H](CCCNC(=N)NS(=O)(=O)c1c(C)n(C)c2ccccc12)C(=O)N[C@@H](CCCNC(=N)NS(=O)(=O)c1c(C)n(C)c2ccccc12)C(=O)N[C@@H](CCCNC(=N)NS(=O)(=O)c1c(C)n(C)c2ccccc12)C(=O)N[C@@H](CCCNC(=N)NS(=O)(=O)c1c(C)n(C)c2ccccc12)C(=O)N[C@H](C(N)=O)C(C)C. The zero-order chi connectivity index (χ0) is 89.5. The summed E-state index contributed by atoms with van der Waals surface area (Å²) in [5.41, 5.74) is 10.3. The van der Waals surface area contributed by atoms with Gasteiger partial charge in [-0.05, 0) is 115 Å². The molecule has 0 aliphatic rings. The zero-order valence-electron chi connectivity index (χ0n) is 69.5. The molecule has 0 spiro atoms. The van der Waals surface area contributed by atoms with Crippen LogP contribution in [0.1, 0.15) is 100 Å². The molecule has 5 aromatic carbocycles. The Balaban J connectivity index is 1.01. The van der Waals surface area contributed by atoms with Gasteiger partial charge >= 0.3 is 0 Å². The van der Waals surface area contributed by atoms with E-state index >= 15 is 14.4 Å². The van der Waals surface area contributed by atoms with E-state index in [1.54, 1.807) is 215 Å². The lowest BCUT2D eigenvalue weighted by molar-refractivity contribution is -0.135. The normalized spacial score (nSPS) is 13.3. The van der Waals surface area contributed by atoms with Gasteiger partial charge in [-0.15, -0.1) is 0 Å². The summed E-state index contributed by atoms with van der Waals surface area (Å²) < 4.78 is 128. The van der Waals surface area contributed by atoms with Gasteiger partial charge in [0.25, 0.3) is 40.1 Å². The molecule has 656 valence electrons. The van der Waals surface area contributed by atoms with Gasteiger partial charge in [-0.1, -0.05) is 117 Å². The molecule has 0 saturated heterocycles. The Morgan fingerprint density at radius 2 is 0.590 bits per heavy atom. The molecule has 9 aromatic rings. The fourth-order valence-corrected chi connectivity index (χ4v) is 20.3. The molecule has 0 aliphatic carbocycles. The van der Waals surface area contributed by atoms with Crippen molar-refractivity contribution in [1.82, 2.24) is 90.3 Å². The molecule has 38 nitrogen and oxygen atoms in total. The molecule has 0 radical (unpaired) electrons. The second-order valence-electron chi connectivity index (χ2n) is 30.0. The average molecular weight is 1760 g/mol. The predicted octanol–water partition coefficient (Wildman–Crippen LogP) is 2.63.